The Balaban J connectivity index is 1.31. The zero-order valence-electron chi connectivity index (χ0n) is 17.7. The average Bonchev–Trinajstić information content (AvgIpc) is 3.28. The van der Waals surface area contributed by atoms with Gasteiger partial charge in [0.05, 0.1) is 24.1 Å². The molecule has 160 valence electrons. The summed E-state index contributed by atoms with van der Waals surface area (Å²) in [6, 6.07) is 12.5. The molecule has 0 spiro atoms. The highest BCUT2D eigenvalue weighted by atomic mass is 32.1. The van der Waals surface area contributed by atoms with Crippen molar-refractivity contribution in [1.29, 1.82) is 0 Å². The molecule has 31 heavy (non-hydrogen) atoms. The summed E-state index contributed by atoms with van der Waals surface area (Å²) in [4.78, 5) is 30.0. The highest BCUT2D eigenvalue weighted by molar-refractivity contribution is 7.15. The molecule has 4 heterocycles. The minimum Gasteiger partial charge on any atom is -0.497 e. The van der Waals surface area contributed by atoms with E-state index < -0.39 is 0 Å². The maximum absolute atomic E-state index is 12.8. The summed E-state index contributed by atoms with van der Waals surface area (Å²) in [6.45, 7) is 3.21. The van der Waals surface area contributed by atoms with Crippen molar-refractivity contribution in [3.8, 4) is 16.2 Å². The van der Waals surface area contributed by atoms with Gasteiger partial charge < -0.3 is 9.72 Å². The first-order chi connectivity index (χ1) is 15.2. The highest BCUT2D eigenvalue weighted by Crippen LogP contribution is 2.31. The third kappa shape index (κ3) is 4.34. The molecule has 0 aliphatic carbocycles. The van der Waals surface area contributed by atoms with Crippen molar-refractivity contribution in [2.24, 2.45) is 4.99 Å². The number of ether oxygens (including phenoxy) is 1. The Labute approximate surface area is 185 Å². The van der Waals surface area contributed by atoms with E-state index in [4.69, 9.17) is 9.72 Å². The van der Waals surface area contributed by atoms with E-state index in [1.807, 2.05) is 12.1 Å². The summed E-state index contributed by atoms with van der Waals surface area (Å²) in [5.74, 6) is 1.54. The lowest BCUT2D eigenvalue weighted by molar-refractivity contribution is 0.244. The second-order valence-electron chi connectivity index (χ2n) is 8.08. The maximum atomic E-state index is 12.8. The van der Waals surface area contributed by atoms with E-state index in [1.165, 1.54) is 15.3 Å². The number of benzene rings is 1. The molecule has 0 radical (unpaired) electrons. The Morgan fingerprint density at radius 2 is 2.13 bits per heavy atom. The van der Waals surface area contributed by atoms with Crippen molar-refractivity contribution in [1.82, 2.24) is 14.9 Å². The van der Waals surface area contributed by atoms with Crippen LogP contribution in [-0.4, -0.2) is 40.8 Å². The smallest absolute Gasteiger partial charge is 0.255 e. The quantitative estimate of drug-likeness (QED) is 0.658. The van der Waals surface area contributed by atoms with Crippen LogP contribution in [0.25, 0.3) is 10.4 Å². The first-order valence-corrected chi connectivity index (χ1v) is 11.6. The second kappa shape index (κ2) is 8.77. The molecule has 1 aromatic carbocycles. The number of methoxy groups -OCH3 is 1. The number of hydrogen-bond acceptors (Lipinski definition) is 6. The molecular weight excluding hydrogens is 408 g/mol. The largest absolute Gasteiger partial charge is 0.497 e. The molecule has 2 aromatic heterocycles. The third-order valence-corrected chi connectivity index (χ3v) is 7.06. The topological polar surface area (TPSA) is 70.6 Å². The van der Waals surface area contributed by atoms with Gasteiger partial charge in [0.25, 0.3) is 5.56 Å². The molecule has 1 N–H and O–H groups in total. The number of H-pyrrole nitrogens is 1. The Kier molecular flexibility index (Phi) is 5.70. The average molecular weight is 435 g/mol. The normalized spacial score (nSPS) is 16.6. The van der Waals surface area contributed by atoms with E-state index >= 15 is 0 Å². The molecule has 0 fully saturated rings. The van der Waals surface area contributed by atoms with Crippen molar-refractivity contribution in [3.63, 3.8) is 0 Å². The van der Waals surface area contributed by atoms with Crippen LogP contribution in [0.1, 0.15) is 41.2 Å². The fourth-order valence-corrected chi connectivity index (χ4v) is 5.30. The van der Waals surface area contributed by atoms with E-state index in [0.717, 1.165) is 68.0 Å². The summed E-state index contributed by atoms with van der Waals surface area (Å²) < 4.78 is 5.35. The van der Waals surface area contributed by atoms with E-state index in [2.05, 4.69) is 39.1 Å². The van der Waals surface area contributed by atoms with Gasteiger partial charge in [-0.2, -0.15) is 0 Å². The summed E-state index contributed by atoms with van der Waals surface area (Å²) in [7, 11) is 1.69. The number of aliphatic imine (C=N–C) groups is 1. The molecule has 6 nitrogen and oxygen atoms in total. The van der Waals surface area contributed by atoms with Gasteiger partial charge in [0.1, 0.15) is 5.75 Å². The maximum Gasteiger partial charge on any atom is 0.255 e. The van der Waals surface area contributed by atoms with Gasteiger partial charge in [-0.15, -0.1) is 11.3 Å². The van der Waals surface area contributed by atoms with Crippen molar-refractivity contribution < 1.29 is 4.74 Å². The van der Waals surface area contributed by atoms with Crippen LogP contribution in [0, 0.1) is 0 Å². The Morgan fingerprint density at radius 1 is 1.19 bits per heavy atom. The van der Waals surface area contributed by atoms with E-state index in [9.17, 15) is 4.79 Å². The van der Waals surface area contributed by atoms with E-state index in [-0.39, 0.29) is 5.56 Å². The van der Waals surface area contributed by atoms with Gasteiger partial charge >= 0.3 is 0 Å². The van der Waals surface area contributed by atoms with Crippen LogP contribution < -0.4 is 10.3 Å². The first kappa shape index (κ1) is 20.2. The molecule has 7 heteroatoms. The van der Waals surface area contributed by atoms with Crippen LogP contribution in [0.4, 0.5) is 0 Å². The first-order valence-electron chi connectivity index (χ1n) is 10.8. The van der Waals surface area contributed by atoms with Crippen LogP contribution in [-0.2, 0) is 19.5 Å². The van der Waals surface area contributed by atoms with Crippen LogP contribution in [0.5, 0.6) is 5.75 Å². The van der Waals surface area contributed by atoms with Crippen LogP contribution in [0.3, 0.4) is 0 Å². The number of hydrogen-bond donors (Lipinski definition) is 1. The van der Waals surface area contributed by atoms with Gasteiger partial charge in [0.2, 0.25) is 0 Å². The fraction of sp³-hybridized carbons (Fsp3) is 0.375. The van der Waals surface area contributed by atoms with Gasteiger partial charge in [-0.1, -0.05) is 12.1 Å². The van der Waals surface area contributed by atoms with Crippen LogP contribution in [0.2, 0.25) is 0 Å². The van der Waals surface area contributed by atoms with Crippen molar-refractivity contribution >= 4 is 17.0 Å². The van der Waals surface area contributed by atoms with Gasteiger partial charge in [-0.25, -0.2) is 4.98 Å². The molecule has 0 amide bonds. The summed E-state index contributed by atoms with van der Waals surface area (Å²) in [5.41, 5.74) is 3.85. The molecule has 2 aliphatic heterocycles. The number of nitrogens with zero attached hydrogens (tertiary/aromatic N) is 3. The zero-order valence-corrected chi connectivity index (χ0v) is 18.5. The summed E-state index contributed by atoms with van der Waals surface area (Å²) >= 11 is 1.79. The highest BCUT2D eigenvalue weighted by Gasteiger charge is 2.23. The van der Waals surface area contributed by atoms with Gasteiger partial charge in [0.15, 0.2) is 5.82 Å². The van der Waals surface area contributed by atoms with E-state index in [0.29, 0.717) is 12.4 Å². The van der Waals surface area contributed by atoms with Gasteiger partial charge in [-0.3, -0.25) is 14.7 Å². The van der Waals surface area contributed by atoms with Crippen LogP contribution in [0.15, 0.2) is 46.2 Å². The SMILES string of the molecule is COc1cccc(-c2ccc(CN3CCc4nc(C5=NCCCC5)[nH]c(=O)c4C3)s2)c1. The monoisotopic (exact) mass is 434 g/mol. The zero-order chi connectivity index (χ0) is 21.2. The van der Waals surface area contributed by atoms with Gasteiger partial charge in [-0.05, 0) is 49.1 Å². The second-order valence-corrected chi connectivity index (χ2v) is 9.25. The third-order valence-electron chi connectivity index (χ3n) is 5.94. The molecule has 0 saturated carbocycles. The minimum atomic E-state index is -0.0128. The van der Waals surface area contributed by atoms with Crippen molar-refractivity contribution in [3.05, 3.63) is 68.7 Å². The fourth-order valence-electron chi connectivity index (χ4n) is 4.26. The lowest BCUT2D eigenvalue weighted by Gasteiger charge is -2.27. The number of aromatic nitrogens is 2. The Hall–Kier alpha value is -2.77. The number of thiophene rings is 1. The lowest BCUT2D eigenvalue weighted by Crippen LogP contribution is -2.36. The Morgan fingerprint density at radius 3 is 2.97 bits per heavy atom. The predicted octanol–water partition coefficient (Wildman–Crippen LogP) is 4.04. The van der Waals surface area contributed by atoms with Gasteiger partial charge in [0, 0.05) is 42.4 Å². The van der Waals surface area contributed by atoms with Crippen LogP contribution >= 0.6 is 11.3 Å². The number of aromatic amines is 1. The predicted molar refractivity (Wildman–Crippen MR) is 124 cm³/mol. The molecule has 0 atom stereocenters. The summed E-state index contributed by atoms with van der Waals surface area (Å²) in [5, 5.41) is 0. The van der Waals surface area contributed by atoms with E-state index in [1.54, 1.807) is 18.4 Å². The lowest BCUT2D eigenvalue weighted by atomic mass is 10.1. The summed E-state index contributed by atoms with van der Waals surface area (Å²) in [6.07, 6.45) is 3.94. The Bertz CT molecular complexity index is 1180. The molecule has 3 aromatic rings. The molecule has 0 bridgehead atoms. The van der Waals surface area contributed by atoms with Crippen molar-refractivity contribution in [2.45, 2.75) is 38.8 Å². The number of rotatable bonds is 5. The molecule has 2 aliphatic rings. The molecular formula is C24H26N4O2S. The number of fused-ring (bicyclic) bond motifs is 1. The molecule has 0 saturated heterocycles. The number of nitrogens with one attached hydrogen (secondary N) is 1. The van der Waals surface area contributed by atoms with Crippen molar-refractivity contribution in [2.75, 3.05) is 20.2 Å². The standard InChI is InChI=1S/C24H26N4O2S/c1-30-17-6-4-5-16(13-17)22-9-8-18(31-22)14-28-12-10-20-19(15-28)24(29)27-23(26-20)21-7-2-3-11-25-21/h4-6,8-9,13H,2-3,7,10-12,14-15H2,1H3,(H,26,27,29). The minimum absolute atomic E-state index is 0.0128. The molecule has 5 rings (SSSR count). The molecule has 0 unspecified atom stereocenters.